The van der Waals surface area contributed by atoms with Crippen LogP contribution in [0.1, 0.15) is 18.6 Å². The van der Waals surface area contributed by atoms with Crippen molar-refractivity contribution in [1.29, 1.82) is 0 Å². The van der Waals surface area contributed by atoms with Crippen molar-refractivity contribution in [2.45, 2.75) is 13.0 Å². The van der Waals surface area contributed by atoms with Gasteiger partial charge in [0.25, 0.3) is 0 Å². The lowest BCUT2D eigenvalue weighted by Gasteiger charge is -2.02. The molecule has 1 aromatic rings. The van der Waals surface area contributed by atoms with Crippen molar-refractivity contribution in [3.8, 4) is 6.01 Å². The Kier molecular flexibility index (Phi) is 2.38. The molecule has 0 radical (unpaired) electrons. The third-order valence-corrected chi connectivity index (χ3v) is 1.31. The molecule has 0 fully saturated rings. The van der Waals surface area contributed by atoms with E-state index in [2.05, 4.69) is 9.97 Å². The van der Waals surface area contributed by atoms with Crippen molar-refractivity contribution in [2.24, 2.45) is 0 Å². The first-order valence-corrected chi connectivity index (χ1v) is 3.28. The second-order valence-corrected chi connectivity index (χ2v) is 2.18. The Hall–Kier alpha value is -1.16. The van der Waals surface area contributed by atoms with Crippen LogP contribution in [0.2, 0.25) is 0 Å². The first kappa shape index (κ1) is 7.94. The van der Waals surface area contributed by atoms with Gasteiger partial charge in [0.15, 0.2) is 0 Å². The standard InChI is InChI=1S/C7H10N2O2/c1-5(10)6-3-8-7(11-2)9-4-6/h3-5,10H,1-2H3. The largest absolute Gasteiger partial charge is 0.467 e. The molecule has 0 aliphatic rings. The Bertz CT molecular complexity index is 220. The van der Waals surface area contributed by atoms with E-state index in [4.69, 9.17) is 9.84 Å². The fourth-order valence-electron chi connectivity index (χ4n) is 0.647. The number of hydrogen-bond donors (Lipinski definition) is 1. The number of methoxy groups -OCH3 is 1. The molecule has 1 heterocycles. The predicted octanol–water partition coefficient (Wildman–Crippen LogP) is 0.538. The van der Waals surface area contributed by atoms with Gasteiger partial charge in [-0.05, 0) is 6.92 Å². The van der Waals surface area contributed by atoms with Crippen LogP contribution in [-0.4, -0.2) is 22.2 Å². The van der Waals surface area contributed by atoms with Crippen LogP contribution in [0.3, 0.4) is 0 Å². The summed E-state index contributed by atoms with van der Waals surface area (Å²) in [6, 6.07) is 0.314. The van der Waals surface area contributed by atoms with E-state index < -0.39 is 6.10 Å². The second-order valence-electron chi connectivity index (χ2n) is 2.18. The quantitative estimate of drug-likeness (QED) is 0.675. The summed E-state index contributed by atoms with van der Waals surface area (Å²) in [5.74, 6) is 0. The van der Waals surface area contributed by atoms with Crippen LogP contribution >= 0.6 is 0 Å². The first-order chi connectivity index (χ1) is 5.24. The summed E-state index contributed by atoms with van der Waals surface area (Å²) in [5, 5.41) is 9.07. The lowest BCUT2D eigenvalue weighted by Crippen LogP contribution is -1.96. The lowest BCUT2D eigenvalue weighted by molar-refractivity contribution is 0.198. The van der Waals surface area contributed by atoms with Crippen LogP contribution in [0, 0.1) is 0 Å². The fourth-order valence-corrected chi connectivity index (χ4v) is 0.647. The summed E-state index contributed by atoms with van der Waals surface area (Å²) < 4.78 is 4.75. The zero-order chi connectivity index (χ0) is 8.27. The van der Waals surface area contributed by atoms with Gasteiger partial charge >= 0.3 is 6.01 Å². The van der Waals surface area contributed by atoms with Gasteiger partial charge in [0.1, 0.15) is 0 Å². The molecule has 1 rings (SSSR count). The Morgan fingerprint density at radius 2 is 2.00 bits per heavy atom. The minimum absolute atomic E-state index is 0.314. The van der Waals surface area contributed by atoms with Crippen LogP contribution in [0.15, 0.2) is 12.4 Å². The second kappa shape index (κ2) is 3.30. The zero-order valence-corrected chi connectivity index (χ0v) is 6.48. The van der Waals surface area contributed by atoms with Crippen molar-refractivity contribution in [3.05, 3.63) is 18.0 Å². The predicted molar refractivity (Wildman–Crippen MR) is 39.2 cm³/mol. The normalized spacial score (nSPS) is 12.6. The van der Waals surface area contributed by atoms with Gasteiger partial charge < -0.3 is 9.84 Å². The maximum Gasteiger partial charge on any atom is 0.316 e. The minimum atomic E-state index is -0.527. The fraction of sp³-hybridized carbons (Fsp3) is 0.429. The Balaban J connectivity index is 2.83. The molecule has 0 aliphatic heterocycles. The molecule has 1 aromatic heterocycles. The number of ether oxygens (including phenoxy) is 1. The molecular formula is C7H10N2O2. The molecule has 0 amide bonds. The molecule has 4 heteroatoms. The van der Waals surface area contributed by atoms with E-state index in [1.807, 2.05) is 0 Å². The van der Waals surface area contributed by atoms with E-state index in [9.17, 15) is 0 Å². The van der Waals surface area contributed by atoms with Crippen LogP contribution in [-0.2, 0) is 0 Å². The first-order valence-electron chi connectivity index (χ1n) is 3.28. The maximum atomic E-state index is 9.07. The summed E-state index contributed by atoms with van der Waals surface area (Å²) in [6.07, 6.45) is 2.55. The molecule has 0 saturated heterocycles. The number of nitrogens with zero attached hydrogens (tertiary/aromatic N) is 2. The third-order valence-electron chi connectivity index (χ3n) is 1.31. The van der Waals surface area contributed by atoms with Gasteiger partial charge in [0.05, 0.1) is 13.2 Å². The molecule has 0 spiro atoms. The highest BCUT2D eigenvalue weighted by atomic mass is 16.5. The van der Waals surface area contributed by atoms with Gasteiger partial charge in [-0.2, -0.15) is 0 Å². The van der Waals surface area contributed by atoms with Crippen molar-refractivity contribution in [2.75, 3.05) is 7.11 Å². The Morgan fingerprint density at radius 1 is 1.45 bits per heavy atom. The lowest BCUT2D eigenvalue weighted by atomic mass is 10.2. The zero-order valence-electron chi connectivity index (χ0n) is 6.48. The minimum Gasteiger partial charge on any atom is -0.467 e. The summed E-state index contributed by atoms with van der Waals surface area (Å²) in [6.45, 7) is 1.66. The number of rotatable bonds is 2. The van der Waals surface area contributed by atoms with E-state index in [0.29, 0.717) is 11.6 Å². The number of aliphatic hydroxyl groups is 1. The van der Waals surface area contributed by atoms with Gasteiger partial charge in [0, 0.05) is 18.0 Å². The van der Waals surface area contributed by atoms with Crippen molar-refractivity contribution in [3.63, 3.8) is 0 Å². The van der Waals surface area contributed by atoms with Gasteiger partial charge in [-0.3, -0.25) is 0 Å². The smallest absolute Gasteiger partial charge is 0.316 e. The van der Waals surface area contributed by atoms with Gasteiger partial charge in [-0.15, -0.1) is 0 Å². The Morgan fingerprint density at radius 3 is 2.36 bits per heavy atom. The molecule has 60 valence electrons. The number of aliphatic hydroxyl groups excluding tert-OH is 1. The summed E-state index contributed by atoms with van der Waals surface area (Å²) in [4.78, 5) is 7.65. The van der Waals surface area contributed by atoms with Crippen LogP contribution < -0.4 is 4.74 Å². The molecule has 0 bridgehead atoms. The maximum absolute atomic E-state index is 9.07. The molecule has 1 unspecified atom stereocenters. The van der Waals surface area contributed by atoms with Crippen LogP contribution in [0.4, 0.5) is 0 Å². The van der Waals surface area contributed by atoms with Crippen molar-refractivity contribution >= 4 is 0 Å². The molecule has 0 aromatic carbocycles. The van der Waals surface area contributed by atoms with E-state index in [0.717, 1.165) is 0 Å². The van der Waals surface area contributed by atoms with E-state index in [1.54, 1.807) is 6.92 Å². The average Bonchev–Trinajstić information content (AvgIpc) is 2.05. The highest BCUT2D eigenvalue weighted by Gasteiger charge is 2.01. The van der Waals surface area contributed by atoms with Gasteiger partial charge in [0.2, 0.25) is 0 Å². The van der Waals surface area contributed by atoms with Crippen LogP contribution in [0.5, 0.6) is 6.01 Å². The van der Waals surface area contributed by atoms with Crippen LogP contribution in [0.25, 0.3) is 0 Å². The molecule has 11 heavy (non-hydrogen) atoms. The average molecular weight is 154 g/mol. The van der Waals surface area contributed by atoms with Crippen molar-refractivity contribution < 1.29 is 9.84 Å². The number of aromatic nitrogens is 2. The highest BCUT2D eigenvalue weighted by molar-refractivity contribution is 5.09. The molecule has 1 N–H and O–H groups in total. The summed E-state index contributed by atoms with van der Waals surface area (Å²) in [7, 11) is 1.50. The van der Waals surface area contributed by atoms with Gasteiger partial charge in [-0.25, -0.2) is 9.97 Å². The summed E-state index contributed by atoms with van der Waals surface area (Å²) >= 11 is 0. The van der Waals surface area contributed by atoms with E-state index in [1.165, 1.54) is 19.5 Å². The van der Waals surface area contributed by atoms with E-state index in [-0.39, 0.29) is 0 Å². The van der Waals surface area contributed by atoms with Gasteiger partial charge in [-0.1, -0.05) is 0 Å². The topological polar surface area (TPSA) is 55.2 Å². The molecule has 4 nitrogen and oxygen atoms in total. The molecular weight excluding hydrogens is 144 g/mol. The summed E-state index contributed by atoms with van der Waals surface area (Å²) in [5.41, 5.74) is 0.686. The highest BCUT2D eigenvalue weighted by Crippen LogP contribution is 2.09. The monoisotopic (exact) mass is 154 g/mol. The third kappa shape index (κ3) is 1.88. The SMILES string of the molecule is COc1ncc(C(C)O)cn1. The Labute approximate surface area is 64.9 Å². The van der Waals surface area contributed by atoms with Crippen molar-refractivity contribution in [1.82, 2.24) is 9.97 Å². The molecule has 1 atom stereocenters. The number of hydrogen-bond acceptors (Lipinski definition) is 4. The van der Waals surface area contributed by atoms with E-state index >= 15 is 0 Å². The molecule has 0 aliphatic carbocycles. The molecule has 0 saturated carbocycles.